The van der Waals surface area contributed by atoms with E-state index in [1.54, 1.807) is 12.3 Å². The number of nitrogens with one attached hydrogen (secondary N) is 1. The summed E-state index contributed by atoms with van der Waals surface area (Å²) >= 11 is 0. The number of nitrogens with zero attached hydrogens (tertiary/aromatic N) is 2. The number of fused-ring (bicyclic) bond motifs is 1. The van der Waals surface area contributed by atoms with Gasteiger partial charge in [0.2, 0.25) is 5.88 Å². The molecule has 0 amide bonds. The van der Waals surface area contributed by atoms with Crippen LogP contribution >= 0.6 is 0 Å². The van der Waals surface area contributed by atoms with Crippen LogP contribution in [0.2, 0.25) is 0 Å². The summed E-state index contributed by atoms with van der Waals surface area (Å²) in [5.74, 6) is -0.727. The van der Waals surface area contributed by atoms with Gasteiger partial charge in [0.25, 0.3) is 5.69 Å². The van der Waals surface area contributed by atoms with E-state index in [-0.39, 0.29) is 17.3 Å². The minimum absolute atomic E-state index is 0.120. The number of ether oxygens (including phenoxy) is 1. The molecule has 0 unspecified atom stereocenters. The summed E-state index contributed by atoms with van der Waals surface area (Å²) < 4.78 is 19.1. The second kappa shape index (κ2) is 4.61. The summed E-state index contributed by atoms with van der Waals surface area (Å²) in [6, 6.07) is 6.80. The van der Waals surface area contributed by atoms with E-state index < -0.39 is 10.7 Å². The molecule has 2 heterocycles. The van der Waals surface area contributed by atoms with E-state index >= 15 is 0 Å². The number of hydrogen-bond donors (Lipinski definition) is 1. The Morgan fingerprint density at radius 2 is 2.15 bits per heavy atom. The van der Waals surface area contributed by atoms with Crippen molar-refractivity contribution in [1.82, 2.24) is 9.97 Å². The van der Waals surface area contributed by atoms with Crippen LogP contribution in [0.25, 0.3) is 10.9 Å². The van der Waals surface area contributed by atoms with Gasteiger partial charge in [0, 0.05) is 23.8 Å². The number of non-ortho nitro benzene ring substituents is 1. The van der Waals surface area contributed by atoms with Gasteiger partial charge < -0.3 is 9.72 Å². The maximum Gasteiger partial charge on any atom is 0.272 e. The molecule has 2 aromatic heterocycles. The molecule has 0 aliphatic rings. The summed E-state index contributed by atoms with van der Waals surface area (Å²) in [6.45, 7) is 0. The number of benzene rings is 1. The number of H-pyrrole nitrogens is 1. The zero-order valence-electron chi connectivity index (χ0n) is 10.0. The van der Waals surface area contributed by atoms with Crippen LogP contribution in [-0.4, -0.2) is 14.9 Å². The van der Waals surface area contributed by atoms with Gasteiger partial charge in [0.1, 0.15) is 5.52 Å². The van der Waals surface area contributed by atoms with Gasteiger partial charge in [-0.05, 0) is 18.2 Å². The van der Waals surface area contributed by atoms with Crippen LogP contribution < -0.4 is 4.74 Å². The third-order valence-corrected chi connectivity index (χ3v) is 2.77. The van der Waals surface area contributed by atoms with Gasteiger partial charge in [-0.3, -0.25) is 10.1 Å². The largest absolute Gasteiger partial charge is 0.434 e. The minimum atomic E-state index is -0.815. The molecular weight excluding hydrogens is 265 g/mol. The zero-order valence-corrected chi connectivity index (χ0v) is 10.0. The monoisotopic (exact) mass is 273 g/mol. The average molecular weight is 273 g/mol. The number of hydrogen-bond acceptors (Lipinski definition) is 4. The molecule has 0 saturated heterocycles. The first-order chi connectivity index (χ1) is 9.65. The van der Waals surface area contributed by atoms with Crippen LogP contribution in [0.4, 0.5) is 10.1 Å². The quantitative estimate of drug-likeness (QED) is 0.585. The number of nitro benzene ring substituents is 1. The number of aromatic amines is 1. The van der Waals surface area contributed by atoms with Gasteiger partial charge in [-0.15, -0.1) is 0 Å². The van der Waals surface area contributed by atoms with Gasteiger partial charge >= 0.3 is 0 Å². The van der Waals surface area contributed by atoms with Gasteiger partial charge in [-0.2, -0.15) is 0 Å². The third kappa shape index (κ3) is 2.05. The lowest BCUT2D eigenvalue weighted by Gasteiger charge is -2.06. The molecule has 0 spiro atoms. The normalized spacial score (nSPS) is 10.7. The van der Waals surface area contributed by atoms with Crippen molar-refractivity contribution in [2.24, 2.45) is 0 Å². The van der Waals surface area contributed by atoms with Crippen molar-refractivity contribution in [1.29, 1.82) is 0 Å². The van der Waals surface area contributed by atoms with Crippen LogP contribution in [0.15, 0.2) is 42.7 Å². The number of halogens is 1. The number of rotatable bonds is 3. The Bertz CT molecular complexity index is 800. The SMILES string of the molecule is O=[N+]([O-])c1ccc(Oc2nccc3cc[nH]c23)c(F)c1. The second-order valence-corrected chi connectivity index (χ2v) is 4.03. The van der Waals surface area contributed by atoms with Crippen molar-refractivity contribution >= 4 is 16.6 Å². The molecule has 0 radical (unpaired) electrons. The third-order valence-electron chi connectivity index (χ3n) is 2.77. The number of nitro groups is 1. The van der Waals surface area contributed by atoms with Crippen molar-refractivity contribution in [2.75, 3.05) is 0 Å². The average Bonchev–Trinajstić information content (AvgIpc) is 2.90. The fourth-order valence-corrected chi connectivity index (χ4v) is 1.82. The van der Waals surface area contributed by atoms with Crippen LogP contribution in [0.5, 0.6) is 11.6 Å². The Kier molecular flexibility index (Phi) is 2.79. The minimum Gasteiger partial charge on any atom is -0.434 e. The van der Waals surface area contributed by atoms with Crippen molar-refractivity contribution in [3.63, 3.8) is 0 Å². The van der Waals surface area contributed by atoms with E-state index in [0.29, 0.717) is 5.52 Å². The highest BCUT2D eigenvalue weighted by Crippen LogP contribution is 2.29. The van der Waals surface area contributed by atoms with Crippen molar-refractivity contribution in [3.8, 4) is 11.6 Å². The van der Waals surface area contributed by atoms with E-state index in [9.17, 15) is 14.5 Å². The fourth-order valence-electron chi connectivity index (χ4n) is 1.82. The van der Waals surface area contributed by atoms with Crippen molar-refractivity contribution < 1.29 is 14.1 Å². The van der Waals surface area contributed by atoms with Gasteiger partial charge in [0.05, 0.1) is 11.0 Å². The lowest BCUT2D eigenvalue weighted by Crippen LogP contribution is -1.94. The maximum absolute atomic E-state index is 13.8. The molecule has 0 atom stereocenters. The van der Waals surface area contributed by atoms with Gasteiger partial charge in [-0.1, -0.05) is 0 Å². The van der Waals surface area contributed by atoms with Crippen LogP contribution in [0.1, 0.15) is 0 Å². The fraction of sp³-hybridized carbons (Fsp3) is 0. The molecule has 0 fully saturated rings. The predicted octanol–water partition coefficient (Wildman–Crippen LogP) is 3.40. The Morgan fingerprint density at radius 1 is 1.30 bits per heavy atom. The summed E-state index contributed by atoms with van der Waals surface area (Å²) in [6.07, 6.45) is 3.25. The number of aromatic nitrogens is 2. The van der Waals surface area contributed by atoms with Gasteiger partial charge in [0.15, 0.2) is 11.6 Å². The van der Waals surface area contributed by atoms with E-state index in [0.717, 1.165) is 11.5 Å². The second-order valence-electron chi connectivity index (χ2n) is 4.03. The molecule has 3 rings (SSSR count). The highest BCUT2D eigenvalue weighted by Gasteiger charge is 2.14. The summed E-state index contributed by atoms with van der Waals surface area (Å²) in [4.78, 5) is 16.8. The number of pyridine rings is 1. The Balaban J connectivity index is 1.99. The Morgan fingerprint density at radius 3 is 2.90 bits per heavy atom. The smallest absolute Gasteiger partial charge is 0.272 e. The lowest BCUT2D eigenvalue weighted by molar-refractivity contribution is -0.385. The maximum atomic E-state index is 13.8. The Hall–Kier alpha value is -2.96. The highest BCUT2D eigenvalue weighted by molar-refractivity contribution is 5.83. The van der Waals surface area contributed by atoms with Crippen LogP contribution in [0, 0.1) is 15.9 Å². The summed E-state index contributed by atoms with van der Waals surface area (Å²) in [5.41, 5.74) is 0.297. The van der Waals surface area contributed by atoms with Crippen LogP contribution in [0.3, 0.4) is 0 Å². The summed E-state index contributed by atoms with van der Waals surface area (Å²) in [7, 11) is 0. The molecule has 1 N–H and O–H groups in total. The van der Waals surface area contributed by atoms with Crippen molar-refractivity contribution in [2.45, 2.75) is 0 Å². The molecule has 6 nitrogen and oxygen atoms in total. The highest BCUT2D eigenvalue weighted by atomic mass is 19.1. The first-order valence-electron chi connectivity index (χ1n) is 5.69. The molecule has 100 valence electrons. The molecule has 3 aromatic rings. The zero-order chi connectivity index (χ0) is 14.1. The Labute approximate surface area is 112 Å². The van der Waals surface area contributed by atoms with E-state index in [1.165, 1.54) is 18.3 Å². The van der Waals surface area contributed by atoms with E-state index in [2.05, 4.69) is 9.97 Å². The molecule has 0 aliphatic carbocycles. The molecule has 0 aliphatic heterocycles. The molecule has 20 heavy (non-hydrogen) atoms. The molecule has 1 aromatic carbocycles. The molecular formula is C13H8FN3O3. The molecule has 7 heteroatoms. The van der Waals surface area contributed by atoms with Gasteiger partial charge in [-0.25, -0.2) is 9.37 Å². The predicted molar refractivity (Wildman–Crippen MR) is 69.2 cm³/mol. The van der Waals surface area contributed by atoms with Crippen molar-refractivity contribution in [3.05, 3.63) is 58.7 Å². The van der Waals surface area contributed by atoms with Crippen LogP contribution in [-0.2, 0) is 0 Å². The molecule has 0 saturated carbocycles. The van der Waals surface area contributed by atoms with E-state index in [1.807, 2.05) is 6.07 Å². The summed E-state index contributed by atoms with van der Waals surface area (Å²) in [5, 5.41) is 11.4. The van der Waals surface area contributed by atoms with E-state index in [4.69, 9.17) is 4.74 Å². The first kappa shape index (κ1) is 12.1. The standard InChI is InChI=1S/C13H8FN3O3/c14-10-7-9(17(18)19)1-2-11(10)20-13-12-8(3-5-15-12)4-6-16-13/h1-7,15H. The first-order valence-corrected chi connectivity index (χ1v) is 5.69. The topological polar surface area (TPSA) is 81.1 Å². The lowest BCUT2D eigenvalue weighted by atomic mass is 10.3. The molecule has 0 bridgehead atoms.